The van der Waals surface area contributed by atoms with Gasteiger partial charge in [0.05, 0.1) is 10.2 Å². The number of para-hydroxylation sites is 1. The van der Waals surface area contributed by atoms with Gasteiger partial charge >= 0.3 is 5.69 Å². The zero-order valence-corrected chi connectivity index (χ0v) is 13.2. The average Bonchev–Trinajstić information content (AvgIpc) is 2.98. The number of aromatic amines is 1. The normalized spacial score (nSPS) is 11.0. The molecule has 2 heterocycles. The number of aromatic nitrogens is 3. The van der Waals surface area contributed by atoms with E-state index in [-0.39, 0.29) is 18.0 Å². The molecule has 0 aliphatic heterocycles. The van der Waals surface area contributed by atoms with Crippen LogP contribution in [0.2, 0.25) is 0 Å². The summed E-state index contributed by atoms with van der Waals surface area (Å²) in [5, 5.41) is 3.37. The highest BCUT2D eigenvalue weighted by atomic mass is 32.1. The van der Waals surface area contributed by atoms with Crippen LogP contribution in [-0.2, 0) is 11.3 Å². The lowest BCUT2D eigenvalue weighted by atomic mass is 10.3. The largest absolute Gasteiger partial charge is 0.325 e. The molecule has 0 spiro atoms. The molecule has 0 bridgehead atoms. The maximum absolute atomic E-state index is 12.0. The highest BCUT2D eigenvalue weighted by Crippen LogP contribution is 2.25. The number of nitrogens with zero attached hydrogens (tertiary/aromatic N) is 2. The van der Waals surface area contributed by atoms with Gasteiger partial charge in [-0.05, 0) is 26.0 Å². The van der Waals surface area contributed by atoms with Crippen molar-refractivity contribution < 1.29 is 4.79 Å². The summed E-state index contributed by atoms with van der Waals surface area (Å²) in [4.78, 5) is 30.8. The van der Waals surface area contributed by atoms with E-state index >= 15 is 0 Å². The third-order valence-corrected chi connectivity index (χ3v) is 4.54. The third-order valence-electron chi connectivity index (χ3n) is 3.59. The van der Waals surface area contributed by atoms with Gasteiger partial charge in [-0.2, -0.15) is 0 Å². The lowest BCUT2D eigenvalue weighted by molar-refractivity contribution is -0.116. The first-order valence-electron chi connectivity index (χ1n) is 6.96. The third kappa shape index (κ3) is 2.80. The van der Waals surface area contributed by atoms with Gasteiger partial charge < -0.3 is 10.3 Å². The van der Waals surface area contributed by atoms with Crippen molar-refractivity contribution in [1.82, 2.24) is 14.5 Å². The Bertz CT molecular complexity index is 857. The first-order valence-corrected chi connectivity index (χ1v) is 7.77. The fourth-order valence-corrected chi connectivity index (χ4v) is 3.15. The van der Waals surface area contributed by atoms with E-state index in [1.165, 1.54) is 11.3 Å². The van der Waals surface area contributed by atoms with Crippen LogP contribution in [0.3, 0.4) is 0 Å². The monoisotopic (exact) mass is 316 g/mol. The number of nitrogens with one attached hydrogen (secondary N) is 2. The molecule has 3 rings (SSSR count). The number of anilines is 1. The van der Waals surface area contributed by atoms with E-state index in [2.05, 4.69) is 15.3 Å². The van der Waals surface area contributed by atoms with E-state index < -0.39 is 0 Å². The number of H-pyrrole nitrogens is 1. The maximum atomic E-state index is 12.0. The van der Waals surface area contributed by atoms with Gasteiger partial charge in [-0.25, -0.2) is 9.78 Å². The van der Waals surface area contributed by atoms with Crippen molar-refractivity contribution in [3.05, 3.63) is 46.1 Å². The Labute approximate surface area is 130 Å². The highest BCUT2D eigenvalue weighted by molar-refractivity contribution is 7.22. The number of imidazole rings is 1. The number of fused-ring (bicyclic) bond motifs is 1. The number of carbonyl (C=O) groups excluding carboxylic acids is 1. The molecule has 0 saturated heterocycles. The van der Waals surface area contributed by atoms with Crippen molar-refractivity contribution in [1.29, 1.82) is 0 Å². The Hall–Kier alpha value is -2.41. The van der Waals surface area contributed by atoms with Crippen LogP contribution in [-0.4, -0.2) is 20.4 Å². The van der Waals surface area contributed by atoms with Gasteiger partial charge in [0.1, 0.15) is 0 Å². The van der Waals surface area contributed by atoms with Crippen LogP contribution in [0.25, 0.3) is 10.2 Å². The summed E-state index contributed by atoms with van der Waals surface area (Å²) in [6, 6.07) is 7.73. The first-order chi connectivity index (χ1) is 10.5. The fraction of sp³-hybridized carbons (Fsp3) is 0.267. The molecule has 2 aromatic heterocycles. The Morgan fingerprint density at radius 2 is 2.14 bits per heavy atom. The van der Waals surface area contributed by atoms with Crippen LogP contribution in [0.1, 0.15) is 17.8 Å². The molecule has 7 heteroatoms. The molecule has 0 atom stereocenters. The maximum Gasteiger partial charge on any atom is 0.325 e. The summed E-state index contributed by atoms with van der Waals surface area (Å²) in [5.74, 6) is -0.149. The lowest BCUT2D eigenvalue weighted by Gasteiger charge is -2.04. The molecular weight excluding hydrogens is 300 g/mol. The highest BCUT2D eigenvalue weighted by Gasteiger charge is 2.11. The molecule has 0 fully saturated rings. The van der Waals surface area contributed by atoms with Crippen LogP contribution < -0.4 is 11.0 Å². The molecular formula is C15H16N4O2S. The van der Waals surface area contributed by atoms with Crippen molar-refractivity contribution >= 4 is 32.6 Å². The summed E-state index contributed by atoms with van der Waals surface area (Å²) in [6.07, 6.45) is 0.230. The van der Waals surface area contributed by atoms with Crippen molar-refractivity contribution in [3.63, 3.8) is 0 Å². The van der Waals surface area contributed by atoms with Crippen LogP contribution >= 0.6 is 11.3 Å². The Morgan fingerprint density at radius 1 is 1.36 bits per heavy atom. The number of carbonyl (C=O) groups is 1. The summed E-state index contributed by atoms with van der Waals surface area (Å²) < 4.78 is 2.61. The standard InChI is InChI=1S/C15H16N4O2S/c1-9-10(2)19(15(21)16-9)8-7-13(20)18-14-17-11-5-3-4-6-12(11)22-14/h3-6H,7-8H2,1-2H3,(H,16,21)(H,17,18,20). The zero-order chi connectivity index (χ0) is 15.7. The Balaban J connectivity index is 1.66. The van der Waals surface area contributed by atoms with E-state index in [4.69, 9.17) is 0 Å². The minimum atomic E-state index is -0.178. The second-order valence-corrected chi connectivity index (χ2v) is 6.11. The van der Waals surface area contributed by atoms with Crippen molar-refractivity contribution in [2.75, 3.05) is 5.32 Å². The van der Waals surface area contributed by atoms with Gasteiger partial charge in [-0.15, -0.1) is 0 Å². The molecule has 3 aromatic rings. The quantitative estimate of drug-likeness (QED) is 0.776. The van der Waals surface area contributed by atoms with E-state index in [1.807, 2.05) is 38.1 Å². The molecule has 1 amide bonds. The van der Waals surface area contributed by atoms with Gasteiger partial charge in [0.2, 0.25) is 5.91 Å². The molecule has 0 unspecified atom stereocenters. The molecule has 0 radical (unpaired) electrons. The van der Waals surface area contributed by atoms with Crippen molar-refractivity contribution in [2.24, 2.45) is 0 Å². The average molecular weight is 316 g/mol. The number of rotatable bonds is 4. The molecule has 0 aliphatic rings. The minimum absolute atomic E-state index is 0.149. The number of amides is 1. The molecule has 2 N–H and O–H groups in total. The van der Waals surface area contributed by atoms with E-state index in [0.717, 1.165) is 21.6 Å². The molecule has 1 aromatic carbocycles. The lowest BCUT2D eigenvalue weighted by Crippen LogP contribution is -2.22. The first kappa shape index (κ1) is 14.5. The van der Waals surface area contributed by atoms with Crippen molar-refractivity contribution in [2.45, 2.75) is 26.8 Å². The van der Waals surface area contributed by atoms with Gasteiger partial charge in [0, 0.05) is 24.4 Å². The number of hydrogen-bond acceptors (Lipinski definition) is 4. The zero-order valence-electron chi connectivity index (χ0n) is 12.3. The Morgan fingerprint density at radius 3 is 2.82 bits per heavy atom. The molecule has 0 aliphatic carbocycles. The van der Waals surface area contributed by atoms with Crippen LogP contribution in [0.4, 0.5) is 5.13 Å². The van der Waals surface area contributed by atoms with E-state index in [1.54, 1.807) is 4.57 Å². The van der Waals surface area contributed by atoms with E-state index in [9.17, 15) is 9.59 Å². The number of hydrogen-bond donors (Lipinski definition) is 2. The van der Waals surface area contributed by atoms with Crippen LogP contribution in [0.15, 0.2) is 29.1 Å². The van der Waals surface area contributed by atoms with Gasteiger partial charge in [0.15, 0.2) is 5.13 Å². The van der Waals surface area contributed by atoms with Gasteiger partial charge in [-0.1, -0.05) is 23.5 Å². The van der Waals surface area contributed by atoms with Crippen LogP contribution in [0.5, 0.6) is 0 Å². The predicted molar refractivity (Wildman–Crippen MR) is 87.4 cm³/mol. The predicted octanol–water partition coefficient (Wildman–Crippen LogP) is 2.43. The Kier molecular flexibility index (Phi) is 3.81. The summed E-state index contributed by atoms with van der Waals surface area (Å²) in [6.45, 7) is 4.05. The molecule has 22 heavy (non-hydrogen) atoms. The van der Waals surface area contributed by atoms with Crippen molar-refractivity contribution in [3.8, 4) is 0 Å². The smallest absolute Gasteiger partial charge is 0.310 e. The van der Waals surface area contributed by atoms with Gasteiger partial charge in [0.25, 0.3) is 0 Å². The van der Waals surface area contributed by atoms with Gasteiger partial charge in [-0.3, -0.25) is 9.36 Å². The second-order valence-electron chi connectivity index (χ2n) is 5.08. The SMILES string of the molecule is Cc1[nH]c(=O)n(CCC(=O)Nc2nc3ccccc3s2)c1C. The molecule has 114 valence electrons. The molecule has 0 saturated carbocycles. The topological polar surface area (TPSA) is 79.8 Å². The minimum Gasteiger partial charge on any atom is -0.310 e. The number of thiazole rings is 1. The molecule has 6 nitrogen and oxygen atoms in total. The van der Waals surface area contributed by atoms with E-state index in [0.29, 0.717) is 11.7 Å². The summed E-state index contributed by atoms with van der Waals surface area (Å²) in [5.41, 5.74) is 2.38. The summed E-state index contributed by atoms with van der Waals surface area (Å²) in [7, 11) is 0. The number of benzene rings is 1. The summed E-state index contributed by atoms with van der Waals surface area (Å²) >= 11 is 1.44. The second kappa shape index (κ2) is 5.76. The van der Waals surface area contributed by atoms with Crippen LogP contribution in [0, 0.1) is 13.8 Å². The number of aryl methyl sites for hydroxylation is 1. The fourth-order valence-electron chi connectivity index (χ4n) is 2.26.